The van der Waals surface area contributed by atoms with E-state index in [1.807, 2.05) is 23.4 Å². The molecule has 1 saturated heterocycles. The molecule has 0 bridgehead atoms. The van der Waals surface area contributed by atoms with Crippen LogP contribution in [0.3, 0.4) is 0 Å². The number of amides is 1. The first-order valence-electron chi connectivity index (χ1n) is 8.40. The van der Waals surface area contributed by atoms with Crippen molar-refractivity contribution in [3.8, 4) is 0 Å². The Morgan fingerprint density at radius 3 is 2.56 bits per heavy atom. The summed E-state index contributed by atoms with van der Waals surface area (Å²) in [7, 11) is 0. The van der Waals surface area contributed by atoms with E-state index >= 15 is 0 Å². The zero-order valence-corrected chi connectivity index (χ0v) is 16.7. The van der Waals surface area contributed by atoms with Crippen LogP contribution in [-0.4, -0.2) is 52.6 Å². The number of aromatic nitrogens is 1. The van der Waals surface area contributed by atoms with E-state index in [-0.39, 0.29) is 5.91 Å². The maximum atomic E-state index is 12.5. The molecular formula is C19H22BrN3OS. The predicted molar refractivity (Wildman–Crippen MR) is 106 cm³/mol. The molecule has 6 heteroatoms. The van der Waals surface area contributed by atoms with Crippen LogP contribution in [0.4, 0.5) is 0 Å². The van der Waals surface area contributed by atoms with Crippen LogP contribution in [-0.2, 0) is 11.3 Å². The molecule has 4 nitrogen and oxygen atoms in total. The molecule has 1 aliphatic rings. The largest absolute Gasteiger partial charge is 0.339 e. The Bertz CT molecular complexity index is 718. The third-order valence-corrected chi connectivity index (χ3v) is 6.02. The van der Waals surface area contributed by atoms with Gasteiger partial charge in [0, 0.05) is 54.5 Å². The lowest BCUT2D eigenvalue weighted by Crippen LogP contribution is -2.48. The Morgan fingerprint density at radius 1 is 1.16 bits per heavy atom. The molecule has 1 fully saturated rings. The van der Waals surface area contributed by atoms with Crippen LogP contribution in [0.5, 0.6) is 0 Å². The number of benzene rings is 1. The number of halogens is 1. The fourth-order valence-electron chi connectivity index (χ4n) is 2.91. The van der Waals surface area contributed by atoms with Gasteiger partial charge in [0.2, 0.25) is 5.91 Å². The monoisotopic (exact) mass is 419 g/mol. The molecule has 25 heavy (non-hydrogen) atoms. The van der Waals surface area contributed by atoms with Gasteiger partial charge in [-0.2, -0.15) is 0 Å². The molecule has 3 rings (SSSR count). The third-order valence-electron chi connectivity index (χ3n) is 4.37. The van der Waals surface area contributed by atoms with Crippen molar-refractivity contribution >= 4 is 33.6 Å². The minimum absolute atomic E-state index is 0.232. The van der Waals surface area contributed by atoms with E-state index in [2.05, 4.69) is 57.0 Å². The van der Waals surface area contributed by atoms with Crippen molar-refractivity contribution < 1.29 is 4.79 Å². The number of hydrogen-bond donors (Lipinski definition) is 0. The van der Waals surface area contributed by atoms with Crippen molar-refractivity contribution in [3.63, 3.8) is 0 Å². The maximum absolute atomic E-state index is 12.5. The number of pyridine rings is 1. The van der Waals surface area contributed by atoms with Gasteiger partial charge in [0.05, 0.1) is 5.75 Å². The smallest absolute Gasteiger partial charge is 0.233 e. The summed E-state index contributed by atoms with van der Waals surface area (Å²) in [6, 6.07) is 10.3. The van der Waals surface area contributed by atoms with Crippen molar-refractivity contribution in [2.45, 2.75) is 18.4 Å². The minimum Gasteiger partial charge on any atom is -0.339 e. The number of piperazine rings is 1. The normalized spacial score (nSPS) is 15.4. The van der Waals surface area contributed by atoms with Crippen molar-refractivity contribution in [2.24, 2.45) is 0 Å². The van der Waals surface area contributed by atoms with E-state index in [0.717, 1.165) is 37.2 Å². The lowest BCUT2D eigenvalue weighted by atomic mass is 10.2. The Morgan fingerprint density at radius 2 is 1.88 bits per heavy atom. The summed E-state index contributed by atoms with van der Waals surface area (Å²) in [5, 5.41) is 0. The Kier molecular flexibility index (Phi) is 6.51. The number of aryl methyl sites for hydroxylation is 1. The number of thioether (sulfide) groups is 1. The van der Waals surface area contributed by atoms with Gasteiger partial charge in [0.1, 0.15) is 0 Å². The molecule has 0 N–H and O–H groups in total. The molecule has 0 aliphatic carbocycles. The first-order valence-corrected chi connectivity index (χ1v) is 10.2. The molecule has 2 heterocycles. The van der Waals surface area contributed by atoms with E-state index in [1.54, 1.807) is 11.8 Å². The number of carbonyl (C=O) groups is 1. The third kappa shape index (κ3) is 5.30. The van der Waals surface area contributed by atoms with E-state index in [1.165, 1.54) is 16.0 Å². The summed E-state index contributed by atoms with van der Waals surface area (Å²) >= 11 is 5.10. The van der Waals surface area contributed by atoms with Gasteiger partial charge < -0.3 is 4.90 Å². The molecule has 0 atom stereocenters. The molecule has 0 unspecified atom stereocenters. The maximum Gasteiger partial charge on any atom is 0.233 e. The van der Waals surface area contributed by atoms with E-state index in [0.29, 0.717) is 5.75 Å². The molecule has 0 saturated carbocycles. The van der Waals surface area contributed by atoms with E-state index < -0.39 is 0 Å². The Labute approximate surface area is 161 Å². The number of carbonyl (C=O) groups excluding carboxylic acids is 1. The average molecular weight is 420 g/mol. The fourth-order valence-corrected chi connectivity index (χ4v) is 4.30. The molecule has 0 radical (unpaired) electrons. The molecule has 132 valence electrons. The highest BCUT2D eigenvalue weighted by Gasteiger charge is 2.21. The summed E-state index contributed by atoms with van der Waals surface area (Å²) in [6.07, 6.45) is 3.66. The summed E-state index contributed by atoms with van der Waals surface area (Å²) in [4.78, 5) is 22.1. The van der Waals surface area contributed by atoms with Gasteiger partial charge in [-0.3, -0.25) is 14.7 Å². The van der Waals surface area contributed by atoms with Gasteiger partial charge in [0.15, 0.2) is 0 Å². The van der Waals surface area contributed by atoms with Crippen LogP contribution in [0.1, 0.15) is 11.1 Å². The number of rotatable bonds is 5. The summed E-state index contributed by atoms with van der Waals surface area (Å²) in [5.74, 6) is 0.739. The fraction of sp³-hybridized carbons (Fsp3) is 0.368. The van der Waals surface area contributed by atoms with Gasteiger partial charge in [-0.1, -0.05) is 15.9 Å². The lowest BCUT2D eigenvalue weighted by Gasteiger charge is -2.34. The zero-order valence-electron chi connectivity index (χ0n) is 14.3. The molecular weight excluding hydrogens is 398 g/mol. The van der Waals surface area contributed by atoms with E-state index in [9.17, 15) is 4.79 Å². The van der Waals surface area contributed by atoms with Gasteiger partial charge >= 0.3 is 0 Å². The Balaban J connectivity index is 1.45. The molecule has 1 amide bonds. The summed E-state index contributed by atoms with van der Waals surface area (Å²) < 4.78 is 1.07. The average Bonchev–Trinajstić information content (AvgIpc) is 2.62. The predicted octanol–water partition coefficient (Wildman–Crippen LogP) is 3.59. The van der Waals surface area contributed by atoms with Gasteiger partial charge in [-0.15, -0.1) is 11.8 Å². The van der Waals surface area contributed by atoms with Crippen LogP contribution in [0.15, 0.2) is 52.1 Å². The number of hydrogen-bond acceptors (Lipinski definition) is 4. The van der Waals surface area contributed by atoms with Crippen LogP contribution in [0.2, 0.25) is 0 Å². The van der Waals surface area contributed by atoms with Gasteiger partial charge in [-0.05, 0) is 48.4 Å². The quantitative estimate of drug-likeness (QED) is 0.693. The van der Waals surface area contributed by atoms with E-state index in [4.69, 9.17) is 0 Å². The molecule has 0 spiro atoms. The van der Waals surface area contributed by atoms with Crippen molar-refractivity contribution in [3.05, 3.63) is 58.3 Å². The summed E-state index contributed by atoms with van der Waals surface area (Å²) in [6.45, 7) is 6.48. The highest BCUT2D eigenvalue weighted by Crippen LogP contribution is 2.25. The van der Waals surface area contributed by atoms with Gasteiger partial charge in [-0.25, -0.2) is 0 Å². The second-order valence-corrected chi connectivity index (χ2v) is 8.14. The van der Waals surface area contributed by atoms with Crippen molar-refractivity contribution in [1.82, 2.24) is 14.8 Å². The molecule has 1 aromatic carbocycles. The second-order valence-electron chi connectivity index (χ2n) is 6.21. The number of nitrogens with zero attached hydrogens (tertiary/aromatic N) is 3. The topological polar surface area (TPSA) is 36.4 Å². The first kappa shape index (κ1) is 18.4. The van der Waals surface area contributed by atoms with Crippen LogP contribution < -0.4 is 0 Å². The van der Waals surface area contributed by atoms with Crippen molar-refractivity contribution in [1.29, 1.82) is 0 Å². The SMILES string of the molecule is Cc1cc(Br)ccc1SCC(=O)N1CCN(Cc2ccncc2)CC1. The van der Waals surface area contributed by atoms with Crippen LogP contribution >= 0.6 is 27.7 Å². The van der Waals surface area contributed by atoms with Gasteiger partial charge in [0.25, 0.3) is 0 Å². The van der Waals surface area contributed by atoms with Crippen LogP contribution in [0, 0.1) is 6.92 Å². The van der Waals surface area contributed by atoms with Crippen LogP contribution in [0.25, 0.3) is 0 Å². The Hall–Kier alpha value is -1.37. The van der Waals surface area contributed by atoms with Crippen molar-refractivity contribution in [2.75, 3.05) is 31.9 Å². The second kappa shape index (κ2) is 8.83. The molecule has 2 aromatic rings. The first-order chi connectivity index (χ1) is 12.1. The zero-order chi connectivity index (χ0) is 17.6. The summed E-state index contributed by atoms with van der Waals surface area (Å²) in [5.41, 5.74) is 2.48. The molecule has 1 aromatic heterocycles. The standard InChI is InChI=1S/C19H22BrN3OS/c1-15-12-17(20)2-3-18(15)25-14-19(24)23-10-8-22(9-11-23)13-16-4-6-21-7-5-16/h2-7,12H,8-11,13-14H2,1H3. The minimum atomic E-state index is 0.232. The molecule has 1 aliphatic heterocycles. The highest BCUT2D eigenvalue weighted by molar-refractivity contribution is 9.10. The highest BCUT2D eigenvalue weighted by atomic mass is 79.9. The lowest BCUT2D eigenvalue weighted by molar-refractivity contribution is -0.130.